The van der Waals surface area contributed by atoms with Crippen LogP contribution < -0.4 is 4.74 Å². The normalized spacial score (nSPS) is 13.3. The molecule has 0 saturated heterocycles. The van der Waals surface area contributed by atoms with E-state index in [-0.39, 0.29) is 12.2 Å². The van der Waals surface area contributed by atoms with Gasteiger partial charge in [-0.25, -0.2) is 8.42 Å². The highest BCUT2D eigenvalue weighted by Crippen LogP contribution is 2.25. The smallest absolute Gasteiger partial charge is 0.147 e. The minimum Gasteiger partial charge on any atom is -0.497 e. The number of methoxy groups -OCH3 is 1. The summed E-state index contributed by atoms with van der Waals surface area (Å²) in [6.45, 7) is 0. The van der Waals surface area contributed by atoms with Gasteiger partial charge in [0.25, 0.3) is 0 Å². The largest absolute Gasteiger partial charge is 0.497 e. The third kappa shape index (κ3) is 4.44. The molecule has 114 valence electrons. The summed E-state index contributed by atoms with van der Waals surface area (Å²) in [5, 5.41) is 12.2. The van der Waals surface area contributed by atoms with E-state index in [1.807, 2.05) is 36.4 Å². The van der Waals surface area contributed by atoms with Gasteiger partial charge in [-0.15, -0.1) is 0 Å². The van der Waals surface area contributed by atoms with Crippen LogP contribution in [0.4, 0.5) is 0 Å². The molecule has 0 spiro atoms. The molecule has 1 N–H and O–H groups in total. The second kappa shape index (κ2) is 6.45. The lowest BCUT2D eigenvalue weighted by molar-refractivity contribution is 0.172. The fourth-order valence-electron chi connectivity index (χ4n) is 2.33. The quantitative estimate of drug-likeness (QED) is 0.888. The molecule has 0 saturated carbocycles. The van der Waals surface area contributed by atoms with E-state index in [0.717, 1.165) is 22.1 Å². The summed E-state index contributed by atoms with van der Waals surface area (Å²) in [6.07, 6.45) is 1.19. The van der Waals surface area contributed by atoms with Crippen molar-refractivity contribution in [2.24, 2.45) is 0 Å². The predicted molar refractivity (Wildman–Crippen MR) is 84.5 cm³/mol. The first-order valence-electron chi connectivity index (χ1n) is 6.80. The van der Waals surface area contributed by atoms with Gasteiger partial charge in [0.05, 0.1) is 19.0 Å². The van der Waals surface area contributed by atoms with Crippen LogP contribution >= 0.6 is 0 Å². The molecule has 1 unspecified atom stereocenters. The first kappa shape index (κ1) is 15.8. The van der Waals surface area contributed by atoms with Gasteiger partial charge in [-0.2, -0.15) is 0 Å². The number of sulfone groups is 1. The topological polar surface area (TPSA) is 63.6 Å². The van der Waals surface area contributed by atoms with Gasteiger partial charge >= 0.3 is 0 Å². The molecule has 0 aliphatic carbocycles. The molecule has 4 nitrogen and oxygen atoms in total. The zero-order valence-corrected chi connectivity index (χ0v) is 13.1. The molecule has 0 bridgehead atoms. The van der Waals surface area contributed by atoms with Gasteiger partial charge in [0.15, 0.2) is 0 Å². The molecule has 5 heteroatoms. The summed E-state index contributed by atoms with van der Waals surface area (Å²) in [5.74, 6) is 0.767. The van der Waals surface area contributed by atoms with Crippen LogP contribution in [0.5, 0.6) is 5.75 Å². The number of rotatable bonds is 6. The Kier molecular flexibility index (Phi) is 4.85. The van der Waals surface area contributed by atoms with Crippen molar-refractivity contribution in [3.8, 4) is 5.75 Å². The first-order valence-corrected chi connectivity index (χ1v) is 8.86. The Balaban J connectivity index is 2.21. The van der Waals surface area contributed by atoms with Gasteiger partial charge in [-0.1, -0.05) is 24.3 Å². The average Bonchev–Trinajstić information content (AvgIpc) is 2.44. The van der Waals surface area contributed by atoms with Crippen molar-refractivity contribution in [3.63, 3.8) is 0 Å². The highest BCUT2D eigenvalue weighted by molar-refractivity contribution is 7.90. The third-order valence-corrected chi connectivity index (χ3v) is 4.43. The molecule has 0 radical (unpaired) electrons. The van der Waals surface area contributed by atoms with Crippen LogP contribution in [0.1, 0.15) is 12.0 Å². The van der Waals surface area contributed by atoms with Crippen molar-refractivity contribution >= 4 is 20.6 Å². The predicted octanol–water partition coefficient (Wildman–Crippen LogP) is 2.19. The molecule has 0 fully saturated rings. The van der Waals surface area contributed by atoms with Gasteiger partial charge in [0.2, 0.25) is 0 Å². The van der Waals surface area contributed by atoms with E-state index in [2.05, 4.69) is 0 Å². The van der Waals surface area contributed by atoms with Gasteiger partial charge < -0.3 is 9.84 Å². The van der Waals surface area contributed by atoms with E-state index < -0.39 is 15.9 Å². The van der Waals surface area contributed by atoms with Crippen molar-refractivity contribution in [3.05, 3.63) is 42.0 Å². The Hall–Kier alpha value is -1.59. The Morgan fingerprint density at radius 3 is 2.67 bits per heavy atom. The molecule has 2 rings (SSSR count). The van der Waals surface area contributed by atoms with Crippen LogP contribution in [0.3, 0.4) is 0 Å². The molecule has 0 aliphatic rings. The molecule has 0 aromatic heterocycles. The van der Waals surface area contributed by atoms with E-state index in [1.165, 1.54) is 6.26 Å². The second-order valence-corrected chi connectivity index (χ2v) is 7.54. The van der Waals surface area contributed by atoms with E-state index in [9.17, 15) is 13.5 Å². The van der Waals surface area contributed by atoms with Gasteiger partial charge in [0, 0.05) is 6.26 Å². The van der Waals surface area contributed by atoms with Crippen LogP contribution in [-0.2, 0) is 16.3 Å². The molecular formula is C16H20O4S. The van der Waals surface area contributed by atoms with E-state index in [1.54, 1.807) is 7.11 Å². The van der Waals surface area contributed by atoms with Crippen molar-refractivity contribution < 1.29 is 18.3 Å². The lowest BCUT2D eigenvalue weighted by atomic mass is 9.99. The second-order valence-electron chi connectivity index (χ2n) is 5.28. The Morgan fingerprint density at radius 2 is 2.00 bits per heavy atom. The number of aliphatic hydroxyl groups excluding tert-OH is 1. The highest BCUT2D eigenvalue weighted by Gasteiger charge is 2.12. The average molecular weight is 308 g/mol. The number of hydrogen-bond donors (Lipinski definition) is 1. The molecule has 0 heterocycles. The highest BCUT2D eigenvalue weighted by atomic mass is 32.2. The van der Waals surface area contributed by atoms with Gasteiger partial charge in [-0.05, 0) is 41.3 Å². The lowest BCUT2D eigenvalue weighted by Crippen LogP contribution is -2.16. The number of hydrogen-bond acceptors (Lipinski definition) is 4. The summed E-state index contributed by atoms with van der Waals surface area (Å²) >= 11 is 0. The number of benzene rings is 2. The van der Waals surface area contributed by atoms with E-state index >= 15 is 0 Å². The molecule has 21 heavy (non-hydrogen) atoms. The fourth-order valence-corrected chi connectivity index (χ4v) is 3.03. The number of ether oxygens (including phenoxy) is 1. The van der Waals surface area contributed by atoms with E-state index in [4.69, 9.17) is 4.74 Å². The SMILES string of the molecule is COc1ccc2cccc(CC(O)CCS(C)(=O)=O)c2c1. The summed E-state index contributed by atoms with van der Waals surface area (Å²) in [6, 6.07) is 11.7. The molecule has 0 aliphatic heterocycles. The lowest BCUT2D eigenvalue weighted by Gasteiger charge is -2.13. The minimum absolute atomic E-state index is 0.00224. The third-order valence-electron chi connectivity index (χ3n) is 3.46. The fraction of sp³-hybridized carbons (Fsp3) is 0.375. The summed E-state index contributed by atoms with van der Waals surface area (Å²) < 4.78 is 27.5. The Labute approximate surface area is 125 Å². The molecular weight excluding hydrogens is 288 g/mol. The summed E-state index contributed by atoms with van der Waals surface area (Å²) in [5.41, 5.74) is 0.993. The van der Waals surface area contributed by atoms with Gasteiger partial charge in [0.1, 0.15) is 15.6 Å². The number of fused-ring (bicyclic) bond motifs is 1. The zero-order valence-electron chi connectivity index (χ0n) is 12.2. The Bertz CT molecular complexity index is 722. The first-order chi connectivity index (χ1) is 9.89. The van der Waals surface area contributed by atoms with Crippen molar-refractivity contribution in [1.82, 2.24) is 0 Å². The Morgan fingerprint density at radius 1 is 1.24 bits per heavy atom. The monoisotopic (exact) mass is 308 g/mol. The maximum Gasteiger partial charge on any atom is 0.147 e. The van der Waals surface area contributed by atoms with Crippen LogP contribution in [0, 0.1) is 0 Å². The van der Waals surface area contributed by atoms with Crippen molar-refractivity contribution in [1.29, 1.82) is 0 Å². The van der Waals surface area contributed by atoms with Gasteiger partial charge in [-0.3, -0.25) is 0 Å². The maximum atomic E-state index is 11.2. The van der Waals surface area contributed by atoms with Crippen molar-refractivity contribution in [2.75, 3.05) is 19.1 Å². The molecule has 2 aromatic rings. The summed E-state index contributed by atoms with van der Waals surface area (Å²) in [7, 11) is -1.43. The van der Waals surface area contributed by atoms with Crippen LogP contribution in [-0.4, -0.2) is 38.7 Å². The molecule has 1 atom stereocenters. The summed E-state index contributed by atoms with van der Waals surface area (Å²) in [4.78, 5) is 0. The van der Waals surface area contributed by atoms with E-state index in [0.29, 0.717) is 6.42 Å². The molecule has 2 aromatic carbocycles. The van der Waals surface area contributed by atoms with Crippen LogP contribution in [0.15, 0.2) is 36.4 Å². The molecule has 0 amide bonds. The van der Waals surface area contributed by atoms with Crippen LogP contribution in [0.25, 0.3) is 10.8 Å². The number of aliphatic hydroxyl groups is 1. The van der Waals surface area contributed by atoms with Crippen LogP contribution in [0.2, 0.25) is 0 Å². The maximum absolute atomic E-state index is 11.2. The standard InChI is InChI=1S/C16H20O4S/c1-20-15-7-6-12-4-3-5-13(16(12)11-15)10-14(17)8-9-21(2,18)19/h3-7,11,14,17H,8-10H2,1-2H3. The zero-order chi connectivity index (χ0) is 15.5. The minimum atomic E-state index is -3.04. The van der Waals surface area contributed by atoms with Crippen molar-refractivity contribution in [2.45, 2.75) is 18.9 Å².